The molecule has 0 atom stereocenters. The maximum Gasteiger partial charge on any atom is 0.416 e. The number of rotatable bonds is 2. The lowest BCUT2D eigenvalue weighted by Crippen LogP contribution is -2.32. The van der Waals surface area contributed by atoms with Crippen molar-refractivity contribution < 1.29 is 18.0 Å². The molecule has 0 saturated heterocycles. The van der Waals surface area contributed by atoms with Gasteiger partial charge in [-0.2, -0.15) is 13.2 Å². The summed E-state index contributed by atoms with van der Waals surface area (Å²) in [5, 5.41) is 0. The first-order chi connectivity index (χ1) is 11.1. The molecule has 1 aliphatic heterocycles. The molecular formula is C16H9Br3F3NO. The van der Waals surface area contributed by atoms with Gasteiger partial charge in [-0.05, 0) is 35.9 Å². The van der Waals surface area contributed by atoms with Gasteiger partial charge in [0.25, 0.3) is 5.91 Å². The first kappa shape index (κ1) is 17.9. The fraction of sp³-hybridized carbons (Fsp3) is 0.188. The van der Waals surface area contributed by atoms with E-state index in [-0.39, 0.29) is 12.5 Å². The third kappa shape index (κ3) is 3.15. The van der Waals surface area contributed by atoms with Crippen LogP contribution in [0.3, 0.4) is 0 Å². The third-order valence-corrected chi connectivity index (χ3v) is 5.75. The minimum Gasteiger partial charge on any atom is -0.305 e. The van der Waals surface area contributed by atoms with Crippen molar-refractivity contribution in [1.82, 2.24) is 0 Å². The molecule has 0 bridgehead atoms. The van der Waals surface area contributed by atoms with Gasteiger partial charge in [-0.25, -0.2) is 0 Å². The number of nitrogens with zero attached hydrogens (tertiary/aromatic N) is 1. The van der Waals surface area contributed by atoms with Crippen molar-refractivity contribution in [2.24, 2.45) is 0 Å². The SMILES string of the molecule is O=C1N(Cc2ccc(C(F)(F)F)cc2)c2ccc(Br)cc2C1(Br)Br. The average molecular weight is 528 g/mol. The van der Waals surface area contributed by atoms with Crippen molar-refractivity contribution in [3.05, 3.63) is 63.6 Å². The Morgan fingerprint density at radius 3 is 2.25 bits per heavy atom. The van der Waals surface area contributed by atoms with Crippen LogP contribution in [0.5, 0.6) is 0 Å². The highest BCUT2D eigenvalue weighted by atomic mass is 79.9. The summed E-state index contributed by atoms with van der Waals surface area (Å²) >= 11 is 10.1. The maximum absolute atomic E-state index is 12.7. The first-order valence-electron chi connectivity index (χ1n) is 6.76. The van der Waals surface area contributed by atoms with Gasteiger partial charge in [-0.15, -0.1) is 0 Å². The second kappa shape index (κ2) is 6.14. The van der Waals surface area contributed by atoms with E-state index < -0.39 is 15.0 Å². The minimum absolute atomic E-state index is 0.185. The smallest absolute Gasteiger partial charge is 0.305 e. The number of carbonyl (C=O) groups excluding carboxylic acids is 1. The highest BCUT2D eigenvalue weighted by Gasteiger charge is 2.47. The van der Waals surface area contributed by atoms with E-state index in [9.17, 15) is 18.0 Å². The van der Waals surface area contributed by atoms with Crippen molar-refractivity contribution in [2.75, 3.05) is 4.90 Å². The molecule has 0 aromatic heterocycles. The number of alkyl halides is 5. The monoisotopic (exact) mass is 525 g/mol. The fourth-order valence-corrected chi connectivity index (χ4v) is 3.95. The molecule has 8 heteroatoms. The zero-order chi connectivity index (χ0) is 17.7. The van der Waals surface area contributed by atoms with Gasteiger partial charge in [0.05, 0.1) is 17.8 Å². The summed E-state index contributed by atoms with van der Waals surface area (Å²) in [5.74, 6) is -0.226. The van der Waals surface area contributed by atoms with Crippen LogP contribution in [0, 0.1) is 0 Å². The second-order valence-electron chi connectivity index (χ2n) is 5.32. The highest BCUT2D eigenvalue weighted by Crippen LogP contribution is 2.51. The number of hydrogen-bond donors (Lipinski definition) is 0. The van der Waals surface area contributed by atoms with Crippen LogP contribution < -0.4 is 4.90 Å². The molecule has 3 rings (SSSR count). The standard InChI is InChI=1S/C16H9Br3F3NO/c17-11-5-6-13-12(7-11)15(18,19)14(24)23(13)8-9-1-3-10(4-2-9)16(20,21)22/h1-7H,8H2. The van der Waals surface area contributed by atoms with Crippen LogP contribution in [0.25, 0.3) is 0 Å². The molecule has 1 amide bonds. The Hall–Kier alpha value is -0.860. The van der Waals surface area contributed by atoms with Gasteiger partial charge >= 0.3 is 6.18 Å². The van der Waals surface area contributed by atoms with E-state index in [1.807, 2.05) is 12.1 Å². The fourth-order valence-electron chi connectivity index (χ4n) is 2.53. The number of anilines is 1. The predicted octanol–water partition coefficient (Wildman–Crippen LogP) is 5.96. The molecule has 2 nitrogen and oxygen atoms in total. The minimum atomic E-state index is -4.37. The van der Waals surface area contributed by atoms with E-state index in [1.54, 1.807) is 6.07 Å². The Balaban J connectivity index is 1.93. The van der Waals surface area contributed by atoms with E-state index >= 15 is 0 Å². The molecule has 0 saturated carbocycles. The van der Waals surface area contributed by atoms with Crippen molar-refractivity contribution in [2.45, 2.75) is 16.0 Å². The summed E-state index contributed by atoms with van der Waals surface area (Å²) < 4.78 is 37.7. The van der Waals surface area contributed by atoms with Gasteiger partial charge < -0.3 is 4.90 Å². The average Bonchev–Trinajstić information content (AvgIpc) is 2.68. The maximum atomic E-state index is 12.7. The van der Waals surface area contributed by atoms with Gasteiger partial charge in [0, 0.05) is 10.0 Å². The van der Waals surface area contributed by atoms with Gasteiger partial charge in [-0.1, -0.05) is 59.9 Å². The zero-order valence-corrected chi connectivity index (χ0v) is 16.6. The van der Waals surface area contributed by atoms with E-state index in [2.05, 4.69) is 47.8 Å². The predicted molar refractivity (Wildman–Crippen MR) is 96.3 cm³/mol. The normalized spacial score (nSPS) is 16.4. The van der Waals surface area contributed by atoms with Crippen molar-refractivity contribution in [3.63, 3.8) is 0 Å². The topological polar surface area (TPSA) is 20.3 Å². The Bertz CT molecular complexity index is 803. The quantitative estimate of drug-likeness (QED) is 0.442. The van der Waals surface area contributed by atoms with Gasteiger partial charge in [0.1, 0.15) is 0 Å². The lowest BCUT2D eigenvalue weighted by Gasteiger charge is -2.19. The summed E-state index contributed by atoms with van der Waals surface area (Å²) in [5.41, 5.74) is 1.35. The number of benzene rings is 2. The lowest BCUT2D eigenvalue weighted by atomic mass is 10.1. The highest BCUT2D eigenvalue weighted by molar-refractivity contribution is 9.25. The van der Waals surface area contributed by atoms with Crippen LogP contribution in [0.1, 0.15) is 16.7 Å². The van der Waals surface area contributed by atoms with E-state index in [0.29, 0.717) is 11.3 Å². The van der Waals surface area contributed by atoms with Crippen molar-refractivity contribution in [3.8, 4) is 0 Å². The number of halogens is 6. The molecule has 0 radical (unpaired) electrons. The summed E-state index contributed by atoms with van der Waals surface area (Å²) in [6.45, 7) is 0.185. The Morgan fingerprint density at radius 1 is 1.04 bits per heavy atom. The van der Waals surface area contributed by atoms with Crippen LogP contribution in [-0.4, -0.2) is 5.91 Å². The Kier molecular flexibility index (Phi) is 4.59. The molecule has 0 N–H and O–H groups in total. The molecule has 0 unspecified atom stereocenters. The number of carbonyl (C=O) groups is 1. The van der Waals surface area contributed by atoms with Crippen molar-refractivity contribution >= 4 is 59.4 Å². The van der Waals surface area contributed by atoms with Crippen LogP contribution in [0.4, 0.5) is 18.9 Å². The number of hydrogen-bond acceptors (Lipinski definition) is 1. The molecule has 2 aromatic carbocycles. The molecule has 0 fully saturated rings. The summed E-state index contributed by atoms with van der Waals surface area (Å²) in [6, 6.07) is 10.2. The van der Waals surface area contributed by atoms with E-state index in [4.69, 9.17) is 0 Å². The van der Waals surface area contributed by atoms with Gasteiger partial charge in [0.2, 0.25) is 0 Å². The molecule has 126 valence electrons. The Morgan fingerprint density at radius 2 is 1.67 bits per heavy atom. The van der Waals surface area contributed by atoms with Crippen molar-refractivity contribution in [1.29, 1.82) is 0 Å². The number of amides is 1. The number of fused-ring (bicyclic) bond motifs is 1. The molecule has 0 aliphatic carbocycles. The molecule has 24 heavy (non-hydrogen) atoms. The van der Waals surface area contributed by atoms with E-state index in [1.165, 1.54) is 17.0 Å². The summed E-state index contributed by atoms with van der Waals surface area (Å²) in [4.78, 5) is 14.2. The van der Waals surface area contributed by atoms with Crippen LogP contribution in [-0.2, 0) is 20.7 Å². The van der Waals surface area contributed by atoms with Gasteiger partial charge in [-0.3, -0.25) is 4.79 Å². The molecule has 2 aromatic rings. The van der Waals surface area contributed by atoms with Crippen LogP contribution in [0.2, 0.25) is 0 Å². The zero-order valence-electron chi connectivity index (χ0n) is 11.9. The summed E-state index contributed by atoms with van der Waals surface area (Å²) in [6.07, 6.45) is -4.37. The first-order valence-corrected chi connectivity index (χ1v) is 9.14. The third-order valence-electron chi connectivity index (χ3n) is 3.72. The largest absolute Gasteiger partial charge is 0.416 e. The van der Waals surface area contributed by atoms with Crippen LogP contribution >= 0.6 is 47.8 Å². The molecule has 0 spiro atoms. The van der Waals surface area contributed by atoms with E-state index in [0.717, 1.165) is 22.2 Å². The second-order valence-corrected chi connectivity index (χ2v) is 9.68. The van der Waals surface area contributed by atoms with Crippen LogP contribution in [0.15, 0.2) is 46.9 Å². The Labute approximate surface area is 161 Å². The lowest BCUT2D eigenvalue weighted by molar-refractivity contribution is -0.137. The molecule has 1 aliphatic rings. The van der Waals surface area contributed by atoms with Gasteiger partial charge in [0.15, 0.2) is 3.23 Å². The molecule has 1 heterocycles. The summed E-state index contributed by atoms with van der Waals surface area (Å²) in [7, 11) is 0. The molecular weight excluding hydrogens is 519 g/mol.